The molecule has 0 radical (unpaired) electrons. The van der Waals surface area contributed by atoms with Crippen molar-refractivity contribution in [1.29, 1.82) is 0 Å². The third-order valence-electron chi connectivity index (χ3n) is 0.875. The highest BCUT2D eigenvalue weighted by Gasteiger charge is 2.02. The van der Waals surface area contributed by atoms with E-state index in [9.17, 15) is 9.36 Å². The number of allylic oxidation sites excluding steroid dienone is 1. The van der Waals surface area contributed by atoms with E-state index in [1.54, 1.807) is 19.9 Å². The molecule has 0 saturated heterocycles. The van der Waals surface area contributed by atoms with Gasteiger partial charge < -0.3 is 4.52 Å². The molecule has 0 atom stereocenters. The second kappa shape index (κ2) is 4.21. The SMILES string of the molecule is CC=C(C)C(=O)OP=O. The maximum atomic E-state index is 10.5. The molecule has 0 aromatic heterocycles. The molecule has 0 heterocycles. The third kappa shape index (κ3) is 2.98. The maximum absolute atomic E-state index is 10.5. The lowest BCUT2D eigenvalue weighted by atomic mass is 10.3. The van der Waals surface area contributed by atoms with Crippen molar-refractivity contribution < 1.29 is 13.9 Å². The van der Waals surface area contributed by atoms with E-state index in [4.69, 9.17) is 0 Å². The summed E-state index contributed by atoms with van der Waals surface area (Å²) in [6.07, 6.45) is 1.59. The molecule has 0 fully saturated rings. The van der Waals surface area contributed by atoms with E-state index in [0.29, 0.717) is 5.57 Å². The quantitative estimate of drug-likeness (QED) is 0.439. The van der Waals surface area contributed by atoms with Crippen molar-refractivity contribution in [3.05, 3.63) is 11.6 Å². The molecule has 0 aliphatic heterocycles. The summed E-state index contributed by atoms with van der Waals surface area (Å²) in [7, 11) is -0.597. The largest absolute Gasteiger partial charge is 0.398 e. The Morgan fingerprint density at radius 3 is 2.56 bits per heavy atom. The Morgan fingerprint density at radius 2 is 2.22 bits per heavy atom. The second-order valence-electron chi connectivity index (χ2n) is 1.42. The van der Waals surface area contributed by atoms with E-state index < -0.39 is 14.7 Å². The van der Waals surface area contributed by atoms with E-state index in [2.05, 4.69) is 4.52 Å². The van der Waals surface area contributed by atoms with Crippen LogP contribution in [0.1, 0.15) is 13.8 Å². The van der Waals surface area contributed by atoms with Crippen LogP contribution in [0.2, 0.25) is 0 Å². The van der Waals surface area contributed by atoms with Gasteiger partial charge in [-0.1, -0.05) is 6.08 Å². The molecule has 0 aromatic carbocycles. The zero-order valence-electron chi connectivity index (χ0n) is 5.25. The van der Waals surface area contributed by atoms with Crippen molar-refractivity contribution in [3.63, 3.8) is 0 Å². The minimum absolute atomic E-state index is 0.457. The number of carbonyl (C=O) groups excluding carboxylic acids is 1. The van der Waals surface area contributed by atoms with Gasteiger partial charge in [-0.15, -0.1) is 0 Å². The summed E-state index contributed by atoms with van der Waals surface area (Å²) < 4.78 is 13.8. The lowest BCUT2D eigenvalue weighted by Crippen LogP contribution is -1.96. The molecule has 0 aliphatic carbocycles. The van der Waals surface area contributed by atoms with Crippen molar-refractivity contribution in [2.45, 2.75) is 13.8 Å². The fourth-order valence-corrected chi connectivity index (χ4v) is 0.435. The average Bonchev–Trinajstić information content (AvgIpc) is 1.87. The fraction of sp³-hybridized carbons (Fsp3) is 0.400. The molecule has 0 aromatic rings. The zero-order valence-corrected chi connectivity index (χ0v) is 6.14. The van der Waals surface area contributed by atoms with E-state index in [1.165, 1.54) is 0 Å². The van der Waals surface area contributed by atoms with Crippen molar-refractivity contribution in [3.8, 4) is 0 Å². The summed E-state index contributed by atoms with van der Waals surface area (Å²) >= 11 is 0. The van der Waals surface area contributed by atoms with Crippen LogP contribution in [0.25, 0.3) is 0 Å². The molecule has 0 spiro atoms. The molecule has 0 rings (SSSR count). The van der Waals surface area contributed by atoms with Gasteiger partial charge >= 0.3 is 14.7 Å². The van der Waals surface area contributed by atoms with Gasteiger partial charge in [0, 0.05) is 5.57 Å². The Balaban J connectivity index is 3.88. The molecule has 0 unspecified atom stereocenters. The van der Waals surface area contributed by atoms with E-state index in [-0.39, 0.29) is 0 Å². The standard InChI is InChI=1S/C5H7O3P/c1-3-4(2)5(6)8-9-7/h3H,1-2H3. The van der Waals surface area contributed by atoms with Crippen molar-refractivity contribution in [2.75, 3.05) is 0 Å². The average molecular weight is 146 g/mol. The Morgan fingerprint density at radius 1 is 1.67 bits per heavy atom. The summed E-state index contributed by atoms with van der Waals surface area (Å²) in [5.41, 5.74) is 0.457. The van der Waals surface area contributed by atoms with Crippen LogP contribution < -0.4 is 0 Å². The lowest BCUT2D eigenvalue weighted by Gasteiger charge is -1.90. The van der Waals surface area contributed by atoms with Gasteiger partial charge in [0.25, 0.3) is 0 Å². The first-order valence-corrected chi connectivity index (χ1v) is 3.12. The van der Waals surface area contributed by atoms with Crippen molar-refractivity contribution in [1.82, 2.24) is 0 Å². The number of hydrogen-bond acceptors (Lipinski definition) is 3. The van der Waals surface area contributed by atoms with Gasteiger partial charge in [-0.3, -0.25) is 0 Å². The molecular weight excluding hydrogens is 139 g/mol. The van der Waals surface area contributed by atoms with Gasteiger partial charge in [0.2, 0.25) is 0 Å². The molecule has 3 nitrogen and oxygen atoms in total. The van der Waals surface area contributed by atoms with Crippen LogP contribution in [-0.4, -0.2) is 5.97 Å². The van der Waals surface area contributed by atoms with Crippen LogP contribution >= 0.6 is 8.69 Å². The van der Waals surface area contributed by atoms with E-state index >= 15 is 0 Å². The molecule has 50 valence electrons. The van der Waals surface area contributed by atoms with Crippen LogP contribution in [-0.2, 0) is 13.9 Å². The van der Waals surface area contributed by atoms with E-state index in [1.807, 2.05) is 0 Å². The van der Waals surface area contributed by atoms with Crippen molar-refractivity contribution >= 4 is 14.7 Å². The van der Waals surface area contributed by atoms with Crippen LogP contribution in [0.3, 0.4) is 0 Å². The highest BCUT2D eigenvalue weighted by atomic mass is 31.1. The maximum Gasteiger partial charge on any atom is 0.398 e. The fourth-order valence-electron chi connectivity index (χ4n) is 0.224. The lowest BCUT2D eigenvalue weighted by molar-refractivity contribution is -0.129. The first-order valence-electron chi connectivity index (χ1n) is 2.39. The minimum Gasteiger partial charge on any atom is -0.369 e. The summed E-state index contributed by atoms with van der Waals surface area (Å²) in [5.74, 6) is -0.547. The smallest absolute Gasteiger partial charge is 0.369 e. The van der Waals surface area contributed by atoms with Crippen LogP contribution in [0, 0.1) is 0 Å². The molecule has 0 amide bonds. The number of hydrogen-bond donors (Lipinski definition) is 0. The molecule has 0 N–H and O–H groups in total. The Bertz CT molecular complexity index is 150. The minimum atomic E-state index is -0.597. The van der Waals surface area contributed by atoms with Gasteiger partial charge in [-0.2, -0.15) is 0 Å². The predicted molar refractivity (Wildman–Crippen MR) is 33.1 cm³/mol. The number of carbonyl (C=O) groups is 1. The predicted octanol–water partition coefficient (Wildman–Crippen LogP) is 1.70. The topological polar surface area (TPSA) is 43.4 Å². The summed E-state index contributed by atoms with van der Waals surface area (Å²) in [4.78, 5) is 10.5. The first-order chi connectivity index (χ1) is 4.22. The third-order valence-corrected chi connectivity index (χ3v) is 1.12. The van der Waals surface area contributed by atoms with Gasteiger partial charge in [-0.25, -0.2) is 9.36 Å². The molecule has 0 bridgehead atoms. The first kappa shape index (κ1) is 8.31. The van der Waals surface area contributed by atoms with Gasteiger partial charge in [0.1, 0.15) is 0 Å². The molecule has 0 saturated carbocycles. The summed E-state index contributed by atoms with van der Waals surface area (Å²) in [5, 5.41) is 0. The van der Waals surface area contributed by atoms with Crippen LogP contribution in [0.15, 0.2) is 11.6 Å². The second-order valence-corrected chi connectivity index (χ2v) is 1.76. The van der Waals surface area contributed by atoms with Gasteiger partial charge in [-0.05, 0) is 13.8 Å². The molecule has 4 heteroatoms. The monoisotopic (exact) mass is 146 g/mol. The highest BCUT2D eigenvalue weighted by molar-refractivity contribution is 7.18. The van der Waals surface area contributed by atoms with Gasteiger partial charge in [0.05, 0.1) is 0 Å². The van der Waals surface area contributed by atoms with E-state index in [0.717, 1.165) is 0 Å². The zero-order chi connectivity index (χ0) is 7.28. The molecular formula is C5H7O3P. The highest BCUT2D eigenvalue weighted by Crippen LogP contribution is 2.02. The van der Waals surface area contributed by atoms with Gasteiger partial charge in [0.15, 0.2) is 0 Å². The summed E-state index contributed by atoms with van der Waals surface area (Å²) in [6.45, 7) is 3.30. The summed E-state index contributed by atoms with van der Waals surface area (Å²) in [6, 6.07) is 0. The van der Waals surface area contributed by atoms with Crippen molar-refractivity contribution in [2.24, 2.45) is 0 Å². The normalized spacial score (nSPS) is 11.6. The number of rotatable bonds is 2. The van der Waals surface area contributed by atoms with Crippen LogP contribution in [0.5, 0.6) is 0 Å². The van der Waals surface area contributed by atoms with Crippen LogP contribution in [0.4, 0.5) is 0 Å². The molecule has 9 heavy (non-hydrogen) atoms. The Hall–Kier alpha value is -0.690. The Labute approximate surface area is 55.0 Å². The Kier molecular flexibility index (Phi) is 3.89. The molecule has 0 aliphatic rings.